The van der Waals surface area contributed by atoms with Gasteiger partial charge in [-0.15, -0.1) is 10.2 Å². The quantitative estimate of drug-likeness (QED) is 0.601. The van der Waals surface area contributed by atoms with Crippen molar-refractivity contribution in [2.45, 2.75) is 16.6 Å². The predicted molar refractivity (Wildman–Crippen MR) is 84.1 cm³/mol. The minimum atomic E-state index is -3.84. The van der Waals surface area contributed by atoms with E-state index in [0.29, 0.717) is 11.0 Å². The number of amides is 1. The minimum Gasteiger partial charge on any atom is -0.301 e. The van der Waals surface area contributed by atoms with Gasteiger partial charge < -0.3 is 5.32 Å². The number of nitrogens with zero attached hydrogens (tertiary/aromatic N) is 2. The van der Waals surface area contributed by atoms with Gasteiger partial charge in [0.05, 0.1) is 5.69 Å². The molecule has 0 saturated heterocycles. The number of carbonyl (C=O) groups excluding carboxylic acids is 1. The van der Waals surface area contributed by atoms with Crippen molar-refractivity contribution in [2.24, 2.45) is 0 Å². The van der Waals surface area contributed by atoms with Crippen LogP contribution in [0.5, 0.6) is 0 Å². The van der Waals surface area contributed by atoms with Crippen molar-refractivity contribution in [3.63, 3.8) is 0 Å². The molecule has 1 heterocycles. The van der Waals surface area contributed by atoms with E-state index in [1.807, 2.05) is 6.07 Å². The van der Waals surface area contributed by atoms with Crippen molar-refractivity contribution < 1.29 is 13.2 Å². The highest BCUT2D eigenvalue weighted by molar-refractivity contribution is 9.08. The number of hydrogen-bond donors (Lipinski definition) is 2. The molecule has 0 radical (unpaired) electrons. The first kappa shape index (κ1) is 15.9. The summed E-state index contributed by atoms with van der Waals surface area (Å²) < 4.78 is 26.7. The maximum absolute atomic E-state index is 12.2. The number of nitrogens with one attached hydrogen (secondary N) is 2. The third kappa shape index (κ3) is 3.99. The van der Waals surface area contributed by atoms with Gasteiger partial charge >= 0.3 is 0 Å². The fourth-order valence-electron chi connectivity index (χ4n) is 1.44. The van der Waals surface area contributed by atoms with Crippen molar-refractivity contribution in [2.75, 3.05) is 10.0 Å². The summed E-state index contributed by atoms with van der Waals surface area (Å²) in [6, 6.07) is 7.00. The fourth-order valence-corrected chi connectivity index (χ4v) is 3.98. The number of halogens is 1. The first-order valence-electron chi connectivity index (χ1n) is 5.70. The maximum Gasteiger partial charge on any atom is 0.291 e. The van der Waals surface area contributed by atoms with Crippen molar-refractivity contribution in [1.29, 1.82) is 0 Å². The lowest BCUT2D eigenvalue weighted by atomic mass is 10.2. The Hall–Kier alpha value is -1.52. The van der Waals surface area contributed by atoms with Crippen LogP contribution < -0.4 is 10.0 Å². The molecular formula is C11H11BrN4O3S2. The smallest absolute Gasteiger partial charge is 0.291 e. The Balaban J connectivity index is 2.26. The van der Waals surface area contributed by atoms with E-state index in [9.17, 15) is 13.2 Å². The van der Waals surface area contributed by atoms with Crippen LogP contribution in [0.3, 0.4) is 0 Å². The third-order valence-electron chi connectivity index (χ3n) is 2.32. The van der Waals surface area contributed by atoms with E-state index in [-0.39, 0.29) is 15.4 Å². The molecule has 0 unspecified atom stereocenters. The molecule has 21 heavy (non-hydrogen) atoms. The fraction of sp³-hybridized carbons (Fsp3) is 0.182. The second kappa shape index (κ2) is 6.50. The molecule has 0 bridgehead atoms. The van der Waals surface area contributed by atoms with Crippen molar-refractivity contribution in [3.8, 4) is 0 Å². The second-order valence-corrected chi connectivity index (χ2v) is 7.34. The Morgan fingerprint density at radius 2 is 2.05 bits per heavy atom. The minimum absolute atomic E-state index is 0.136. The lowest BCUT2D eigenvalue weighted by Crippen LogP contribution is -2.13. The van der Waals surface area contributed by atoms with Gasteiger partial charge in [0, 0.05) is 12.3 Å². The number of carbonyl (C=O) groups is 1. The highest BCUT2D eigenvalue weighted by Crippen LogP contribution is 2.25. The molecule has 1 amide bonds. The summed E-state index contributed by atoms with van der Waals surface area (Å²) in [7, 11) is -3.84. The van der Waals surface area contributed by atoms with Crippen LogP contribution in [-0.2, 0) is 20.1 Å². The molecule has 0 aliphatic heterocycles. The summed E-state index contributed by atoms with van der Waals surface area (Å²) in [5, 5.41) is 10.2. The normalized spacial score (nSPS) is 11.1. The Morgan fingerprint density at radius 1 is 1.33 bits per heavy atom. The third-order valence-corrected chi connectivity index (χ3v) is 5.50. The molecule has 0 fully saturated rings. The Morgan fingerprint density at radius 3 is 2.71 bits per heavy atom. The molecule has 2 rings (SSSR count). The van der Waals surface area contributed by atoms with Crippen LogP contribution in [0.2, 0.25) is 0 Å². The van der Waals surface area contributed by atoms with Gasteiger partial charge in [-0.25, -0.2) is 0 Å². The molecule has 7 nitrogen and oxygen atoms in total. The van der Waals surface area contributed by atoms with Crippen molar-refractivity contribution in [1.82, 2.24) is 10.2 Å². The zero-order valence-corrected chi connectivity index (χ0v) is 14.0. The van der Waals surface area contributed by atoms with Crippen LogP contribution >= 0.6 is 27.3 Å². The summed E-state index contributed by atoms with van der Waals surface area (Å²) in [6.07, 6.45) is 0. The van der Waals surface area contributed by atoms with Gasteiger partial charge in [-0.3, -0.25) is 9.52 Å². The van der Waals surface area contributed by atoms with Gasteiger partial charge in [-0.1, -0.05) is 45.5 Å². The number of para-hydroxylation sites is 1. The molecule has 0 aliphatic rings. The highest BCUT2D eigenvalue weighted by atomic mass is 79.9. The molecular weight excluding hydrogens is 380 g/mol. The van der Waals surface area contributed by atoms with Crippen LogP contribution in [0.15, 0.2) is 28.6 Å². The van der Waals surface area contributed by atoms with Crippen LogP contribution in [0, 0.1) is 0 Å². The molecule has 2 N–H and O–H groups in total. The molecule has 112 valence electrons. The highest BCUT2D eigenvalue weighted by Gasteiger charge is 2.21. The van der Waals surface area contributed by atoms with Gasteiger partial charge in [0.2, 0.25) is 11.0 Å². The summed E-state index contributed by atoms with van der Waals surface area (Å²) >= 11 is 4.08. The number of hydrogen-bond acceptors (Lipinski definition) is 6. The topological polar surface area (TPSA) is 101 Å². The zero-order valence-electron chi connectivity index (χ0n) is 10.8. The van der Waals surface area contributed by atoms with Gasteiger partial charge in [0.1, 0.15) is 0 Å². The van der Waals surface area contributed by atoms with E-state index in [2.05, 4.69) is 36.2 Å². The van der Waals surface area contributed by atoms with Gasteiger partial charge in [0.15, 0.2) is 0 Å². The molecule has 0 aliphatic carbocycles. The number of aromatic nitrogens is 2. The first-order valence-corrected chi connectivity index (χ1v) is 9.12. The van der Waals surface area contributed by atoms with E-state index in [1.165, 1.54) is 6.92 Å². The summed E-state index contributed by atoms with van der Waals surface area (Å²) in [6.45, 7) is 1.31. The largest absolute Gasteiger partial charge is 0.301 e. The average Bonchev–Trinajstić information content (AvgIpc) is 2.87. The Labute approximate surface area is 134 Å². The number of alkyl halides is 1. The number of sulfonamides is 1. The maximum atomic E-state index is 12.2. The summed E-state index contributed by atoms with van der Waals surface area (Å²) in [5.41, 5.74) is 1.26. The van der Waals surface area contributed by atoms with E-state index in [4.69, 9.17) is 0 Å². The standard InChI is InChI=1S/C11H11BrN4O3S2/c1-7(17)13-10-14-15-11(20-10)21(18,19)16-9-5-3-2-4-8(9)6-12/h2-5,16H,6H2,1H3,(H,13,14,17). The molecule has 2 aromatic rings. The zero-order chi connectivity index (χ0) is 15.5. The van der Waals surface area contributed by atoms with Gasteiger partial charge in [-0.05, 0) is 11.6 Å². The lowest BCUT2D eigenvalue weighted by molar-refractivity contribution is -0.114. The Kier molecular flexibility index (Phi) is 4.91. The summed E-state index contributed by atoms with van der Waals surface area (Å²) in [5.74, 6) is -0.340. The molecule has 0 atom stereocenters. The number of anilines is 2. The Bertz CT molecular complexity index is 760. The molecule has 0 saturated carbocycles. The van der Waals surface area contributed by atoms with Crippen LogP contribution in [0.25, 0.3) is 0 Å². The van der Waals surface area contributed by atoms with Crippen molar-refractivity contribution >= 4 is 54.0 Å². The van der Waals surface area contributed by atoms with E-state index < -0.39 is 10.0 Å². The lowest BCUT2D eigenvalue weighted by Gasteiger charge is -2.08. The van der Waals surface area contributed by atoms with E-state index >= 15 is 0 Å². The van der Waals surface area contributed by atoms with Crippen LogP contribution in [-0.4, -0.2) is 24.5 Å². The summed E-state index contributed by atoms with van der Waals surface area (Å²) in [4.78, 5) is 10.9. The SMILES string of the molecule is CC(=O)Nc1nnc(S(=O)(=O)Nc2ccccc2CBr)s1. The van der Waals surface area contributed by atoms with Gasteiger partial charge in [-0.2, -0.15) is 8.42 Å². The average molecular weight is 391 g/mol. The van der Waals surface area contributed by atoms with E-state index in [0.717, 1.165) is 16.9 Å². The second-order valence-electron chi connectivity index (χ2n) is 3.95. The first-order chi connectivity index (χ1) is 9.92. The predicted octanol–water partition coefficient (Wildman–Crippen LogP) is 2.19. The number of rotatable bonds is 5. The van der Waals surface area contributed by atoms with E-state index in [1.54, 1.807) is 18.2 Å². The molecule has 1 aromatic carbocycles. The van der Waals surface area contributed by atoms with Crippen LogP contribution in [0.4, 0.5) is 10.8 Å². The molecule has 10 heteroatoms. The molecule has 1 aromatic heterocycles. The van der Waals surface area contributed by atoms with Crippen molar-refractivity contribution in [3.05, 3.63) is 29.8 Å². The molecule has 0 spiro atoms. The number of benzene rings is 1. The van der Waals surface area contributed by atoms with Gasteiger partial charge in [0.25, 0.3) is 14.4 Å². The monoisotopic (exact) mass is 390 g/mol. The van der Waals surface area contributed by atoms with Crippen LogP contribution in [0.1, 0.15) is 12.5 Å².